The number of aromatic nitrogens is 3. The number of amides is 1. The fourth-order valence-electron chi connectivity index (χ4n) is 3.65. The van der Waals surface area contributed by atoms with E-state index >= 15 is 0 Å². The normalized spacial score (nSPS) is 14.9. The Bertz CT molecular complexity index is 930. The van der Waals surface area contributed by atoms with Crippen LogP contribution >= 0.6 is 11.8 Å². The fraction of sp³-hybridized carbons (Fsp3) is 0.381. The van der Waals surface area contributed by atoms with Gasteiger partial charge >= 0.3 is 0 Å². The molecular formula is C21H24N4O2S. The van der Waals surface area contributed by atoms with Crippen molar-refractivity contribution in [3.05, 3.63) is 48.2 Å². The predicted molar refractivity (Wildman–Crippen MR) is 110 cm³/mol. The van der Waals surface area contributed by atoms with E-state index in [-0.39, 0.29) is 11.7 Å². The van der Waals surface area contributed by atoms with Gasteiger partial charge in [0.1, 0.15) is 0 Å². The van der Waals surface area contributed by atoms with Gasteiger partial charge in [0.2, 0.25) is 11.7 Å². The van der Waals surface area contributed by atoms with Crippen molar-refractivity contribution >= 4 is 23.4 Å². The summed E-state index contributed by atoms with van der Waals surface area (Å²) in [6.45, 7) is 1.98. The number of hydrogen-bond acceptors (Lipinski definition) is 5. The smallest absolute Gasteiger partial charge is 0.234 e. The lowest BCUT2D eigenvalue weighted by Crippen LogP contribution is -2.17. The van der Waals surface area contributed by atoms with E-state index in [1.165, 1.54) is 31.0 Å². The molecule has 1 aliphatic carbocycles. The Hall–Kier alpha value is -2.54. The molecule has 0 unspecified atom stereocenters. The largest absolute Gasteiger partial charge is 0.461 e. The number of thioether (sulfide) groups is 1. The SMILES string of the molecule is Cc1ccccc1NC(=O)CSc1nnc(-c2ccco2)n1C1CCCCC1. The number of nitrogens with one attached hydrogen (secondary N) is 1. The summed E-state index contributed by atoms with van der Waals surface area (Å²) in [4.78, 5) is 12.5. The van der Waals surface area contributed by atoms with Crippen LogP contribution in [0.4, 0.5) is 5.69 Å². The summed E-state index contributed by atoms with van der Waals surface area (Å²) in [5.41, 5.74) is 1.89. The van der Waals surface area contributed by atoms with E-state index < -0.39 is 0 Å². The van der Waals surface area contributed by atoms with Crippen LogP contribution in [0.2, 0.25) is 0 Å². The number of hydrogen-bond donors (Lipinski definition) is 1. The van der Waals surface area contributed by atoms with Gasteiger partial charge < -0.3 is 9.73 Å². The highest BCUT2D eigenvalue weighted by molar-refractivity contribution is 7.99. The second-order valence-electron chi connectivity index (χ2n) is 7.10. The molecule has 1 aromatic carbocycles. The average Bonchev–Trinajstić information content (AvgIpc) is 3.38. The van der Waals surface area contributed by atoms with Crippen LogP contribution < -0.4 is 5.32 Å². The lowest BCUT2D eigenvalue weighted by Gasteiger charge is -2.25. The van der Waals surface area contributed by atoms with Crippen LogP contribution in [-0.2, 0) is 4.79 Å². The molecule has 1 saturated carbocycles. The molecule has 28 heavy (non-hydrogen) atoms. The average molecular weight is 397 g/mol. The number of carbonyl (C=O) groups is 1. The zero-order chi connectivity index (χ0) is 19.3. The lowest BCUT2D eigenvalue weighted by molar-refractivity contribution is -0.113. The number of anilines is 1. The van der Waals surface area contributed by atoms with Crippen molar-refractivity contribution in [1.29, 1.82) is 0 Å². The van der Waals surface area contributed by atoms with Gasteiger partial charge in [-0.3, -0.25) is 9.36 Å². The van der Waals surface area contributed by atoms with Gasteiger partial charge in [-0.25, -0.2) is 0 Å². The minimum Gasteiger partial charge on any atom is -0.461 e. The summed E-state index contributed by atoms with van der Waals surface area (Å²) in [6.07, 6.45) is 7.55. The summed E-state index contributed by atoms with van der Waals surface area (Å²) in [5, 5.41) is 12.5. The molecule has 1 N–H and O–H groups in total. The summed E-state index contributed by atoms with van der Waals surface area (Å²) in [5.74, 6) is 1.71. The third-order valence-electron chi connectivity index (χ3n) is 5.10. The first-order valence-corrected chi connectivity index (χ1v) is 10.7. The molecule has 0 saturated heterocycles. The first-order chi connectivity index (χ1) is 13.7. The Labute approximate surface area is 168 Å². The molecule has 7 heteroatoms. The Morgan fingerprint density at radius 1 is 1.18 bits per heavy atom. The predicted octanol–water partition coefficient (Wildman–Crippen LogP) is 5.08. The molecule has 2 heterocycles. The van der Waals surface area contributed by atoms with Crippen LogP contribution in [0.1, 0.15) is 43.7 Å². The molecule has 146 valence electrons. The van der Waals surface area contributed by atoms with Crippen LogP contribution in [0.3, 0.4) is 0 Å². The van der Waals surface area contributed by atoms with E-state index in [0.717, 1.165) is 35.1 Å². The van der Waals surface area contributed by atoms with Crippen LogP contribution in [0.5, 0.6) is 0 Å². The highest BCUT2D eigenvalue weighted by Gasteiger charge is 2.25. The molecule has 0 bridgehead atoms. The minimum atomic E-state index is -0.0444. The third-order valence-corrected chi connectivity index (χ3v) is 6.04. The molecule has 0 radical (unpaired) electrons. The molecular weight excluding hydrogens is 372 g/mol. The molecule has 2 aromatic heterocycles. The minimum absolute atomic E-state index is 0.0444. The summed E-state index contributed by atoms with van der Waals surface area (Å²) >= 11 is 1.43. The first-order valence-electron chi connectivity index (χ1n) is 9.69. The van der Waals surface area contributed by atoms with Gasteiger partial charge in [0, 0.05) is 11.7 Å². The van der Waals surface area contributed by atoms with Crippen molar-refractivity contribution in [2.75, 3.05) is 11.1 Å². The maximum Gasteiger partial charge on any atom is 0.234 e. The van der Waals surface area contributed by atoms with Crippen LogP contribution in [0.25, 0.3) is 11.6 Å². The zero-order valence-electron chi connectivity index (χ0n) is 15.9. The number of rotatable bonds is 6. The fourth-order valence-corrected chi connectivity index (χ4v) is 4.45. The quantitative estimate of drug-likeness (QED) is 0.588. The molecule has 1 fully saturated rings. The summed E-state index contributed by atoms with van der Waals surface area (Å²) in [6, 6.07) is 11.9. The second-order valence-corrected chi connectivity index (χ2v) is 8.04. The first kappa shape index (κ1) is 18.8. The van der Waals surface area contributed by atoms with E-state index in [0.29, 0.717) is 11.8 Å². The number of benzene rings is 1. The molecule has 0 spiro atoms. The number of carbonyl (C=O) groups excluding carboxylic acids is 1. The Morgan fingerprint density at radius 3 is 2.75 bits per heavy atom. The van der Waals surface area contributed by atoms with E-state index in [1.807, 2.05) is 43.3 Å². The monoisotopic (exact) mass is 396 g/mol. The second kappa shape index (κ2) is 8.65. The van der Waals surface area contributed by atoms with Gasteiger partial charge in [0.05, 0.1) is 12.0 Å². The van der Waals surface area contributed by atoms with Gasteiger partial charge in [0.25, 0.3) is 0 Å². The molecule has 4 rings (SSSR count). The van der Waals surface area contributed by atoms with Gasteiger partial charge in [-0.05, 0) is 43.5 Å². The highest BCUT2D eigenvalue weighted by Crippen LogP contribution is 2.35. The van der Waals surface area contributed by atoms with E-state index in [9.17, 15) is 4.79 Å². The molecule has 1 amide bonds. The van der Waals surface area contributed by atoms with Crippen molar-refractivity contribution in [3.63, 3.8) is 0 Å². The Balaban J connectivity index is 1.51. The Morgan fingerprint density at radius 2 is 2.00 bits per heavy atom. The van der Waals surface area contributed by atoms with Crippen molar-refractivity contribution in [2.24, 2.45) is 0 Å². The van der Waals surface area contributed by atoms with Gasteiger partial charge in [-0.1, -0.05) is 49.2 Å². The third kappa shape index (κ3) is 4.14. The highest BCUT2D eigenvalue weighted by atomic mass is 32.2. The van der Waals surface area contributed by atoms with Gasteiger partial charge in [0.15, 0.2) is 10.9 Å². The number of aryl methyl sites for hydroxylation is 1. The van der Waals surface area contributed by atoms with Crippen molar-refractivity contribution in [2.45, 2.75) is 50.2 Å². The van der Waals surface area contributed by atoms with E-state index in [1.54, 1.807) is 6.26 Å². The lowest BCUT2D eigenvalue weighted by atomic mass is 9.95. The zero-order valence-corrected chi connectivity index (χ0v) is 16.7. The number of nitrogens with zero attached hydrogens (tertiary/aromatic N) is 3. The van der Waals surface area contributed by atoms with Crippen molar-refractivity contribution in [3.8, 4) is 11.6 Å². The van der Waals surface area contributed by atoms with Crippen molar-refractivity contribution in [1.82, 2.24) is 14.8 Å². The maximum atomic E-state index is 12.5. The molecule has 0 aliphatic heterocycles. The molecule has 3 aromatic rings. The summed E-state index contributed by atoms with van der Waals surface area (Å²) < 4.78 is 7.74. The number of furan rings is 1. The molecule has 6 nitrogen and oxygen atoms in total. The van der Waals surface area contributed by atoms with Crippen LogP contribution in [0.15, 0.2) is 52.2 Å². The van der Waals surface area contributed by atoms with Crippen LogP contribution in [-0.4, -0.2) is 26.4 Å². The standard InChI is InChI=1S/C21H24N4O2S/c1-15-8-5-6-11-17(15)22-19(26)14-28-21-24-23-20(18-12-7-13-27-18)25(21)16-9-3-2-4-10-16/h5-8,11-13,16H,2-4,9-10,14H2,1H3,(H,22,26). The number of para-hydroxylation sites is 1. The van der Waals surface area contributed by atoms with Gasteiger partial charge in [-0.2, -0.15) is 0 Å². The molecule has 1 aliphatic rings. The van der Waals surface area contributed by atoms with Crippen molar-refractivity contribution < 1.29 is 9.21 Å². The van der Waals surface area contributed by atoms with Crippen LogP contribution in [0, 0.1) is 6.92 Å². The van der Waals surface area contributed by atoms with E-state index in [4.69, 9.17) is 4.42 Å². The summed E-state index contributed by atoms with van der Waals surface area (Å²) in [7, 11) is 0. The van der Waals surface area contributed by atoms with Gasteiger partial charge in [-0.15, -0.1) is 10.2 Å². The maximum absolute atomic E-state index is 12.5. The van der Waals surface area contributed by atoms with E-state index in [2.05, 4.69) is 20.1 Å². The Kier molecular flexibility index (Phi) is 5.81. The molecule has 0 atom stereocenters. The topological polar surface area (TPSA) is 73.0 Å².